The molecule has 0 fully saturated rings. The largest absolute Gasteiger partial charge is 0.480 e. The van der Waals surface area contributed by atoms with Gasteiger partial charge in [0.05, 0.1) is 12.1 Å². The lowest BCUT2D eigenvalue weighted by Gasteiger charge is -2.42. The second-order valence-electron chi connectivity index (χ2n) is 19.6. The van der Waals surface area contributed by atoms with E-state index < -0.39 is 65.0 Å². The molecular weight excluding hydrogens is 887 g/mol. The molecule has 0 saturated heterocycles. The topological polar surface area (TPSA) is 278 Å². The molecular formula is C54H89N9O7. The normalized spacial score (nSPS) is 13.7. The van der Waals surface area contributed by atoms with Crippen molar-refractivity contribution in [3.63, 3.8) is 0 Å². The molecule has 2 aromatic rings. The van der Waals surface area contributed by atoms with Gasteiger partial charge in [0, 0.05) is 25.9 Å². The van der Waals surface area contributed by atoms with Gasteiger partial charge in [-0.3, -0.25) is 34.0 Å². The van der Waals surface area contributed by atoms with Crippen LogP contribution < -0.4 is 39.0 Å². The van der Waals surface area contributed by atoms with E-state index in [1.54, 1.807) is 27.7 Å². The maximum Gasteiger partial charge on any atom is 0.326 e. The number of fused-ring (bicyclic) bond motifs is 1. The standard InChI is InChI=1S/C54H89N9O7/c1-6-7-8-9-10-11-12-13-14-15-16-17-18-19-20-33-46(64)61-45(32-23-24-36-59-50(67)44(55)31-26-37-60-53(56)57)49(66)54(38-39(2)3,52(70)62-48(40(4)5)51(68)69)63(58)47(65)35-34-42-29-25-28-41-27-21-22-30-43(41)42/h13-14,21-22,25,27-30,39-40,44-45,48H,6-12,15-20,23-24,26,31-38,55,58H2,1-5H3,(H,59,67)(H,61,64)(H,62,70)(H,68,69)(H4,56,57,60)/b14-13-/t44-,45-,48-,54+/m0/s1. The number of unbranched alkanes of at least 4 members (excludes halogenated alkanes) is 12. The van der Waals surface area contributed by atoms with Gasteiger partial charge in [-0.05, 0) is 105 Å². The number of aliphatic imine (C=N–C) groups is 1. The Bertz CT molecular complexity index is 1960. The number of carbonyl (C=O) groups is 6. The van der Waals surface area contributed by atoms with Gasteiger partial charge in [-0.25, -0.2) is 10.6 Å². The summed E-state index contributed by atoms with van der Waals surface area (Å²) in [7, 11) is 0. The summed E-state index contributed by atoms with van der Waals surface area (Å²) < 4.78 is 0. The van der Waals surface area contributed by atoms with E-state index in [9.17, 15) is 29.1 Å². The first-order chi connectivity index (χ1) is 33.5. The third kappa shape index (κ3) is 22.2. The number of amides is 4. The minimum atomic E-state index is -2.41. The van der Waals surface area contributed by atoms with E-state index in [1.165, 1.54) is 38.5 Å². The molecule has 70 heavy (non-hydrogen) atoms. The van der Waals surface area contributed by atoms with Gasteiger partial charge in [0.2, 0.25) is 17.7 Å². The van der Waals surface area contributed by atoms with Crippen LogP contribution in [0.3, 0.4) is 0 Å². The highest BCUT2D eigenvalue weighted by molar-refractivity contribution is 6.15. The number of nitrogens with zero attached hydrogens (tertiary/aromatic N) is 2. The SMILES string of the molecule is CCCCCCCC/C=C\CCCCCCCC(=O)N[C@@H](CCCCNC(=O)[C@@H](N)CCCN=C(N)N)C(=O)[C@](CC(C)C)(C(=O)N[C@H](C(=O)O)C(C)C)N(N)C(=O)CCc1cccc2ccccc12. The van der Waals surface area contributed by atoms with Crippen LogP contribution in [0.25, 0.3) is 10.8 Å². The Balaban J connectivity index is 2.34. The van der Waals surface area contributed by atoms with Crippen LogP contribution in [0.1, 0.15) is 175 Å². The van der Waals surface area contributed by atoms with Gasteiger partial charge in [0.25, 0.3) is 5.91 Å². The lowest BCUT2D eigenvalue weighted by Crippen LogP contribution is -2.72. The molecule has 2 rings (SSSR count). The smallest absolute Gasteiger partial charge is 0.326 e. The molecule has 392 valence electrons. The lowest BCUT2D eigenvalue weighted by molar-refractivity contribution is -0.160. The second kappa shape index (κ2) is 34.1. The molecule has 0 unspecified atom stereocenters. The zero-order valence-corrected chi connectivity index (χ0v) is 43.2. The predicted octanol–water partition coefficient (Wildman–Crippen LogP) is 7.24. The molecule has 2 aromatic carbocycles. The highest BCUT2D eigenvalue weighted by Gasteiger charge is 2.55. The molecule has 0 spiro atoms. The van der Waals surface area contributed by atoms with Crippen LogP contribution in [0.15, 0.2) is 59.6 Å². The number of aliphatic carboxylic acids is 1. The van der Waals surface area contributed by atoms with Crippen LogP contribution in [0.4, 0.5) is 0 Å². The summed E-state index contributed by atoms with van der Waals surface area (Å²) in [6.45, 7) is 9.57. The van der Waals surface area contributed by atoms with Crippen LogP contribution >= 0.6 is 0 Å². The molecule has 0 bridgehead atoms. The number of hydrazine groups is 1. The molecule has 0 aliphatic rings. The maximum absolute atomic E-state index is 15.4. The summed E-state index contributed by atoms with van der Waals surface area (Å²) in [5.41, 5.74) is 15.3. The summed E-state index contributed by atoms with van der Waals surface area (Å²) in [4.78, 5) is 87.6. The van der Waals surface area contributed by atoms with Gasteiger partial charge in [-0.2, -0.15) is 0 Å². The van der Waals surface area contributed by atoms with Crippen molar-refractivity contribution in [1.82, 2.24) is 21.0 Å². The minimum absolute atomic E-state index is 0.0368. The van der Waals surface area contributed by atoms with Crippen LogP contribution in [-0.4, -0.2) is 88.2 Å². The Morgan fingerprint density at radius 1 is 0.757 bits per heavy atom. The maximum atomic E-state index is 15.4. The molecule has 12 N–H and O–H groups in total. The van der Waals surface area contributed by atoms with Crippen molar-refractivity contribution in [2.24, 2.45) is 39.9 Å². The molecule has 0 aromatic heterocycles. The monoisotopic (exact) mass is 976 g/mol. The minimum Gasteiger partial charge on any atom is -0.480 e. The van der Waals surface area contributed by atoms with Gasteiger partial charge in [-0.1, -0.05) is 141 Å². The molecule has 4 atom stereocenters. The van der Waals surface area contributed by atoms with Gasteiger partial charge in [0.15, 0.2) is 17.3 Å². The first-order valence-corrected chi connectivity index (χ1v) is 26.1. The third-order valence-corrected chi connectivity index (χ3v) is 12.7. The average Bonchev–Trinajstić information content (AvgIpc) is 3.32. The fourth-order valence-corrected chi connectivity index (χ4v) is 8.73. The van der Waals surface area contributed by atoms with Crippen molar-refractivity contribution < 1.29 is 33.9 Å². The fourth-order valence-electron chi connectivity index (χ4n) is 8.73. The highest BCUT2D eigenvalue weighted by atomic mass is 16.4. The molecule has 0 aliphatic heterocycles. The number of allylic oxidation sites excluding steroid dienone is 2. The average molecular weight is 976 g/mol. The van der Waals surface area contributed by atoms with Crippen LogP contribution in [0.5, 0.6) is 0 Å². The van der Waals surface area contributed by atoms with Crippen LogP contribution in [-0.2, 0) is 35.2 Å². The molecule has 0 radical (unpaired) electrons. The quantitative estimate of drug-likeness (QED) is 0.00485. The van der Waals surface area contributed by atoms with E-state index in [1.807, 2.05) is 42.5 Å². The fraction of sp³-hybridized carbons (Fsp3) is 0.648. The molecule has 0 aliphatic carbocycles. The zero-order chi connectivity index (χ0) is 51.9. The number of benzene rings is 2. The van der Waals surface area contributed by atoms with Gasteiger partial charge >= 0.3 is 5.97 Å². The summed E-state index contributed by atoms with van der Waals surface area (Å²) >= 11 is 0. The predicted molar refractivity (Wildman–Crippen MR) is 281 cm³/mol. The van der Waals surface area contributed by atoms with Crippen molar-refractivity contribution >= 4 is 52.1 Å². The van der Waals surface area contributed by atoms with E-state index in [0.717, 1.165) is 54.9 Å². The summed E-state index contributed by atoms with van der Waals surface area (Å²) in [5.74, 6) is 1.09. The van der Waals surface area contributed by atoms with E-state index >= 15 is 4.79 Å². The number of aryl methyl sites for hydroxylation is 1. The van der Waals surface area contributed by atoms with E-state index in [4.69, 9.17) is 23.0 Å². The summed E-state index contributed by atoms with van der Waals surface area (Å²) in [5, 5.41) is 21.1. The third-order valence-electron chi connectivity index (χ3n) is 12.7. The number of guanidine groups is 1. The Labute approximate surface area is 418 Å². The first kappa shape index (κ1) is 60.8. The number of nitrogens with two attached hydrogens (primary N) is 4. The van der Waals surface area contributed by atoms with E-state index in [2.05, 4.69) is 40.0 Å². The van der Waals surface area contributed by atoms with Crippen molar-refractivity contribution in [3.8, 4) is 0 Å². The second-order valence-corrected chi connectivity index (χ2v) is 19.6. The Kier molecular flexibility index (Phi) is 29.6. The Morgan fingerprint density at radius 2 is 1.39 bits per heavy atom. The van der Waals surface area contributed by atoms with Gasteiger partial charge in [-0.15, -0.1) is 0 Å². The van der Waals surface area contributed by atoms with E-state index in [-0.39, 0.29) is 50.5 Å². The van der Waals surface area contributed by atoms with Crippen LogP contribution in [0, 0.1) is 11.8 Å². The zero-order valence-electron chi connectivity index (χ0n) is 43.2. The first-order valence-electron chi connectivity index (χ1n) is 26.1. The number of ketones is 1. The van der Waals surface area contributed by atoms with Crippen molar-refractivity contribution in [3.05, 3.63) is 60.2 Å². The Hall–Kier alpha value is -5.35. The summed E-state index contributed by atoms with van der Waals surface area (Å²) in [6.07, 6.45) is 20.4. The van der Waals surface area contributed by atoms with Gasteiger partial charge < -0.3 is 38.3 Å². The van der Waals surface area contributed by atoms with Gasteiger partial charge in [0.1, 0.15) is 6.04 Å². The highest BCUT2D eigenvalue weighted by Crippen LogP contribution is 2.30. The number of hydrogen-bond acceptors (Lipinski definition) is 9. The molecule has 4 amide bonds. The molecule has 0 heterocycles. The number of nitrogens with one attached hydrogen (secondary N) is 3. The van der Waals surface area contributed by atoms with Crippen molar-refractivity contribution in [2.75, 3.05) is 13.1 Å². The van der Waals surface area contributed by atoms with E-state index in [0.29, 0.717) is 43.7 Å². The number of Topliss-reactive ketones (excluding diaryl/α,β-unsaturated/α-hetero) is 1. The number of hydrogen-bond donors (Lipinski definition) is 8. The Morgan fingerprint density at radius 3 is 2.01 bits per heavy atom. The molecule has 16 heteroatoms. The summed E-state index contributed by atoms with van der Waals surface area (Å²) in [6, 6.07) is 10.0. The molecule has 16 nitrogen and oxygen atoms in total. The van der Waals surface area contributed by atoms with Crippen molar-refractivity contribution in [2.45, 2.75) is 200 Å². The number of carboxylic acids is 1. The van der Waals surface area contributed by atoms with Crippen molar-refractivity contribution in [1.29, 1.82) is 0 Å². The number of rotatable bonds is 38. The molecule has 0 saturated carbocycles. The number of carboxylic acid groups (broad SMARTS) is 1. The van der Waals surface area contributed by atoms with Crippen LogP contribution in [0.2, 0.25) is 0 Å². The lowest BCUT2D eigenvalue weighted by atomic mass is 9.78. The number of carbonyl (C=O) groups excluding carboxylic acids is 5.